The first-order chi connectivity index (χ1) is 19.9. The minimum atomic E-state index is -0.579. The lowest BCUT2D eigenvalue weighted by Gasteiger charge is -2.34. The molecule has 0 saturated carbocycles. The van der Waals surface area contributed by atoms with Crippen LogP contribution in [0.4, 0.5) is 4.79 Å². The Labute approximate surface area is 254 Å². The molecule has 0 spiro atoms. The molecule has 0 radical (unpaired) electrons. The summed E-state index contributed by atoms with van der Waals surface area (Å²) in [5.41, 5.74) is 2.40. The van der Waals surface area contributed by atoms with E-state index >= 15 is 0 Å². The van der Waals surface area contributed by atoms with Crippen LogP contribution in [0.25, 0.3) is 22.0 Å². The zero-order valence-corrected chi connectivity index (χ0v) is 25.5. The first kappa shape index (κ1) is 29.7. The second kappa shape index (κ2) is 11.9. The van der Waals surface area contributed by atoms with Gasteiger partial charge in [-0.2, -0.15) is 0 Å². The molecular weight excluding hydrogens is 577 g/mol. The van der Waals surface area contributed by atoms with E-state index in [-0.39, 0.29) is 30.2 Å². The fourth-order valence-corrected chi connectivity index (χ4v) is 5.81. The van der Waals surface area contributed by atoms with Crippen LogP contribution >= 0.6 is 23.2 Å². The van der Waals surface area contributed by atoms with Gasteiger partial charge in [-0.3, -0.25) is 4.98 Å². The number of ether oxygens (including phenoxy) is 2. The van der Waals surface area contributed by atoms with Gasteiger partial charge in [0.05, 0.1) is 22.2 Å². The molecule has 1 aliphatic heterocycles. The van der Waals surface area contributed by atoms with Crippen molar-refractivity contribution < 1.29 is 24.2 Å². The molecule has 1 amide bonds. The Balaban J connectivity index is 1.54. The van der Waals surface area contributed by atoms with Gasteiger partial charge in [-0.25, -0.2) is 9.59 Å². The van der Waals surface area contributed by atoms with Crippen LogP contribution in [0, 0.1) is 6.92 Å². The third-order valence-electron chi connectivity index (χ3n) is 7.26. The number of aryl methyl sites for hydroxylation is 1. The largest absolute Gasteiger partial charge is 0.494 e. The summed E-state index contributed by atoms with van der Waals surface area (Å²) in [6.45, 7) is 8.29. The smallest absolute Gasteiger partial charge is 0.410 e. The zero-order valence-electron chi connectivity index (χ0n) is 24.0. The van der Waals surface area contributed by atoms with E-state index in [1.54, 1.807) is 40.8 Å². The third-order valence-corrected chi connectivity index (χ3v) is 7.81. The van der Waals surface area contributed by atoms with Crippen LogP contribution < -0.4 is 0 Å². The lowest BCUT2D eigenvalue weighted by Crippen LogP contribution is -2.42. The predicted octanol–water partition coefficient (Wildman–Crippen LogP) is 7.95. The number of amides is 1. The molecule has 0 aliphatic carbocycles. The molecule has 0 unspecified atom stereocenters. The number of fused-ring (bicyclic) bond motifs is 1. The Bertz CT molecular complexity index is 1640. The van der Waals surface area contributed by atoms with Gasteiger partial charge in [0.1, 0.15) is 12.2 Å². The molecule has 4 aromatic rings. The van der Waals surface area contributed by atoms with Crippen molar-refractivity contribution in [1.82, 2.24) is 14.5 Å². The molecule has 10 heteroatoms. The number of piperidine rings is 1. The number of carbonyl (C=O) groups excluding carboxylic acids is 2. The zero-order chi connectivity index (χ0) is 30.2. The SMILES string of the molecule is Cc1nc2cn(C3CCN(C(=O)OC(C)(C)C)CC3)c(O)c2c(-c2ccc(Cl)cc2Cl)c1C(=O)OCc1ccccc1. The number of esters is 1. The first-order valence-corrected chi connectivity index (χ1v) is 14.6. The minimum absolute atomic E-state index is 0.0358. The predicted molar refractivity (Wildman–Crippen MR) is 163 cm³/mol. The molecule has 1 aliphatic rings. The number of halogens is 2. The van der Waals surface area contributed by atoms with Gasteiger partial charge in [0.25, 0.3) is 0 Å². The van der Waals surface area contributed by atoms with Crippen LogP contribution in [0.5, 0.6) is 5.88 Å². The van der Waals surface area contributed by atoms with Crippen molar-refractivity contribution in [1.29, 1.82) is 0 Å². The van der Waals surface area contributed by atoms with Gasteiger partial charge in [0.2, 0.25) is 5.88 Å². The Morgan fingerprint density at radius 2 is 1.76 bits per heavy atom. The summed E-state index contributed by atoms with van der Waals surface area (Å²) in [4.78, 5) is 32.6. The number of aromatic hydroxyl groups is 1. The van der Waals surface area contributed by atoms with Crippen molar-refractivity contribution in [3.8, 4) is 17.0 Å². The van der Waals surface area contributed by atoms with Crippen LogP contribution in [0.2, 0.25) is 10.0 Å². The molecule has 2 aromatic heterocycles. The molecule has 220 valence electrons. The molecule has 1 N–H and O–H groups in total. The van der Waals surface area contributed by atoms with Crippen molar-refractivity contribution in [2.45, 2.75) is 58.8 Å². The van der Waals surface area contributed by atoms with Gasteiger partial charge in [0.15, 0.2) is 0 Å². The number of carbonyl (C=O) groups is 2. The molecule has 3 heterocycles. The lowest BCUT2D eigenvalue weighted by atomic mass is 9.95. The normalized spacial score (nSPS) is 14.3. The van der Waals surface area contributed by atoms with Crippen LogP contribution in [0.3, 0.4) is 0 Å². The van der Waals surface area contributed by atoms with E-state index < -0.39 is 11.6 Å². The van der Waals surface area contributed by atoms with Crippen molar-refractivity contribution >= 4 is 46.2 Å². The summed E-state index contributed by atoms with van der Waals surface area (Å²) in [5, 5.41) is 12.8. The number of benzene rings is 2. The third kappa shape index (κ3) is 6.20. The maximum Gasteiger partial charge on any atom is 0.410 e. The van der Waals surface area contributed by atoms with Crippen LogP contribution in [0.15, 0.2) is 54.7 Å². The minimum Gasteiger partial charge on any atom is -0.494 e. The van der Waals surface area contributed by atoms with Crippen molar-refractivity contribution in [3.05, 3.63) is 81.6 Å². The van der Waals surface area contributed by atoms with E-state index in [4.69, 9.17) is 37.7 Å². The molecule has 0 bridgehead atoms. The number of hydrogen-bond acceptors (Lipinski definition) is 6. The highest BCUT2D eigenvalue weighted by Crippen LogP contribution is 2.44. The number of aromatic nitrogens is 2. The molecule has 2 aromatic carbocycles. The number of likely N-dealkylation sites (tertiary alicyclic amines) is 1. The van der Waals surface area contributed by atoms with E-state index in [1.807, 2.05) is 51.1 Å². The van der Waals surface area contributed by atoms with E-state index in [9.17, 15) is 14.7 Å². The lowest BCUT2D eigenvalue weighted by molar-refractivity contribution is 0.0187. The van der Waals surface area contributed by atoms with Gasteiger partial charge < -0.3 is 24.0 Å². The van der Waals surface area contributed by atoms with E-state index in [0.29, 0.717) is 63.7 Å². The molecule has 1 fully saturated rings. The van der Waals surface area contributed by atoms with E-state index in [2.05, 4.69) is 0 Å². The fraction of sp³-hybridized carbons (Fsp3) is 0.344. The Kier molecular flexibility index (Phi) is 8.39. The highest BCUT2D eigenvalue weighted by molar-refractivity contribution is 6.37. The standard InChI is InChI=1S/C32H33Cl2N3O5/c1-19-26(30(39)41-18-20-8-6-5-7-9-20)27(23-11-10-21(33)16-24(23)34)28-25(35-19)17-37(29(28)38)22-12-14-36(15-13-22)31(40)42-32(2,3)4/h5-11,16-17,22,38H,12-15,18H2,1-4H3. The Morgan fingerprint density at radius 3 is 2.40 bits per heavy atom. The number of rotatable bonds is 5. The summed E-state index contributed by atoms with van der Waals surface area (Å²) < 4.78 is 13.0. The monoisotopic (exact) mass is 609 g/mol. The van der Waals surface area contributed by atoms with Crippen molar-refractivity contribution in [2.75, 3.05) is 13.1 Å². The highest BCUT2D eigenvalue weighted by Gasteiger charge is 2.31. The highest BCUT2D eigenvalue weighted by atomic mass is 35.5. The Morgan fingerprint density at radius 1 is 1.07 bits per heavy atom. The second-order valence-corrected chi connectivity index (χ2v) is 12.3. The number of pyridine rings is 1. The summed E-state index contributed by atoms with van der Waals surface area (Å²) >= 11 is 12.9. The van der Waals surface area contributed by atoms with Gasteiger partial charge in [-0.1, -0.05) is 59.6 Å². The summed E-state index contributed by atoms with van der Waals surface area (Å²) in [6, 6.07) is 14.3. The quantitative estimate of drug-likeness (QED) is 0.231. The topological polar surface area (TPSA) is 93.9 Å². The van der Waals surface area contributed by atoms with E-state index in [1.165, 1.54) is 0 Å². The van der Waals surface area contributed by atoms with Crippen LogP contribution in [-0.4, -0.2) is 50.3 Å². The Hall–Kier alpha value is -3.75. The molecule has 5 rings (SSSR count). The summed E-state index contributed by atoms with van der Waals surface area (Å²) in [6.07, 6.45) is 2.65. The summed E-state index contributed by atoms with van der Waals surface area (Å²) in [5.74, 6) is -0.615. The van der Waals surface area contributed by atoms with Crippen LogP contribution in [-0.2, 0) is 16.1 Å². The molecule has 1 saturated heterocycles. The molecular formula is C32H33Cl2N3O5. The summed E-state index contributed by atoms with van der Waals surface area (Å²) in [7, 11) is 0. The van der Waals surface area contributed by atoms with Crippen LogP contribution in [0.1, 0.15) is 61.3 Å². The van der Waals surface area contributed by atoms with Gasteiger partial charge in [0, 0.05) is 46.5 Å². The number of hydrogen-bond donors (Lipinski definition) is 1. The van der Waals surface area contributed by atoms with Crippen molar-refractivity contribution in [2.24, 2.45) is 0 Å². The average molecular weight is 611 g/mol. The molecule has 8 nitrogen and oxygen atoms in total. The molecule has 42 heavy (non-hydrogen) atoms. The fourth-order valence-electron chi connectivity index (χ4n) is 5.31. The molecule has 0 atom stereocenters. The number of nitrogens with zero attached hydrogens (tertiary/aromatic N) is 3. The van der Waals surface area contributed by atoms with Gasteiger partial charge in [-0.15, -0.1) is 0 Å². The van der Waals surface area contributed by atoms with Crippen molar-refractivity contribution in [3.63, 3.8) is 0 Å². The average Bonchev–Trinajstić information content (AvgIpc) is 3.26. The van der Waals surface area contributed by atoms with Gasteiger partial charge in [-0.05, 0) is 58.2 Å². The second-order valence-electron chi connectivity index (χ2n) is 11.5. The van der Waals surface area contributed by atoms with E-state index in [0.717, 1.165) is 5.56 Å². The first-order valence-electron chi connectivity index (χ1n) is 13.8. The maximum absolute atomic E-state index is 13.6. The van der Waals surface area contributed by atoms with Gasteiger partial charge >= 0.3 is 12.1 Å². The maximum atomic E-state index is 13.6.